The molecule has 0 saturated carbocycles. The molecular weight excluding hydrogens is 428 g/mol. The molecule has 0 radical (unpaired) electrons. The van der Waals surface area contributed by atoms with Gasteiger partial charge in [-0.3, -0.25) is 4.79 Å². The number of methoxy groups -OCH3 is 1. The third kappa shape index (κ3) is 3.18. The molecule has 6 nitrogen and oxygen atoms in total. The molecule has 27 heavy (non-hydrogen) atoms. The number of Topliss-reactive ketones (excluding diaryl/α,β-unsaturated/α-hetero) is 1. The van der Waals surface area contributed by atoms with E-state index in [0.29, 0.717) is 17.5 Å². The van der Waals surface area contributed by atoms with Crippen molar-refractivity contribution >= 4 is 39.4 Å². The molecule has 1 aromatic heterocycles. The zero-order chi connectivity index (χ0) is 19.3. The quantitative estimate of drug-likeness (QED) is 0.700. The van der Waals surface area contributed by atoms with Gasteiger partial charge in [0.15, 0.2) is 5.78 Å². The van der Waals surface area contributed by atoms with Crippen LogP contribution in [0.25, 0.3) is 0 Å². The lowest BCUT2D eigenvalue weighted by molar-refractivity contribution is -0.118. The van der Waals surface area contributed by atoms with Gasteiger partial charge in [-0.2, -0.15) is 4.98 Å². The second-order valence-corrected chi connectivity index (χ2v) is 9.25. The number of aromatic nitrogens is 3. The number of carbonyl (C=O) groups is 1. The Bertz CT molecular complexity index is 967. The van der Waals surface area contributed by atoms with Crippen molar-refractivity contribution in [2.45, 2.75) is 37.9 Å². The lowest BCUT2D eigenvalue weighted by Gasteiger charge is -2.38. The van der Waals surface area contributed by atoms with Crippen LogP contribution in [0.5, 0.6) is 5.75 Å². The fraction of sp³-hybridized carbons (Fsp3) is 0.421. The smallest absolute Gasteiger partial charge is 0.227 e. The number of halogens is 1. The van der Waals surface area contributed by atoms with Crippen molar-refractivity contribution in [3.05, 3.63) is 39.5 Å². The van der Waals surface area contributed by atoms with E-state index in [1.54, 1.807) is 7.11 Å². The van der Waals surface area contributed by atoms with Gasteiger partial charge in [0.05, 0.1) is 11.6 Å². The Morgan fingerprint density at radius 1 is 1.37 bits per heavy atom. The molecule has 0 bridgehead atoms. The highest BCUT2D eigenvalue weighted by atomic mass is 79.9. The number of hydrogen-bond acceptors (Lipinski definition) is 6. The second-order valence-electron chi connectivity index (χ2n) is 7.62. The summed E-state index contributed by atoms with van der Waals surface area (Å²) in [6.45, 7) is 4.25. The molecule has 1 N–H and O–H groups in total. The molecule has 2 aliphatic rings. The van der Waals surface area contributed by atoms with Crippen LogP contribution in [0, 0.1) is 5.41 Å². The summed E-state index contributed by atoms with van der Waals surface area (Å²) in [4.78, 5) is 17.7. The van der Waals surface area contributed by atoms with Crippen molar-refractivity contribution in [2.24, 2.45) is 5.41 Å². The Hall–Kier alpha value is -1.80. The SMILES string of the molecule is COc1ccc([C@H]2C3=C(CC(C)(C)CC3=O)Nc3nc(SC)nn32)cc1Br. The van der Waals surface area contributed by atoms with Crippen LogP contribution in [0.15, 0.2) is 39.1 Å². The van der Waals surface area contributed by atoms with Gasteiger partial charge in [0.25, 0.3) is 0 Å². The zero-order valence-electron chi connectivity index (χ0n) is 15.7. The highest BCUT2D eigenvalue weighted by Gasteiger charge is 2.41. The van der Waals surface area contributed by atoms with Crippen molar-refractivity contribution < 1.29 is 9.53 Å². The maximum absolute atomic E-state index is 13.1. The Labute approximate surface area is 170 Å². The Morgan fingerprint density at radius 3 is 2.81 bits per heavy atom. The molecule has 1 aromatic carbocycles. The summed E-state index contributed by atoms with van der Waals surface area (Å²) < 4.78 is 8.03. The summed E-state index contributed by atoms with van der Waals surface area (Å²) >= 11 is 5.05. The number of anilines is 1. The van der Waals surface area contributed by atoms with Crippen LogP contribution in [0.1, 0.15) is 38.3 Å². The van der Waals surface area contributed by atoms with Crippen molar-refractivity contribution in [3.8, 4) is 5.75 Å². The average molecular weight is 449 g/mol. The largest absolute Gasteiger partial charge is 0.496 e. The monoisotopic (exact) mass is 448 g/mol. The van der Waals surface area contributed by atoms with Gasteiger partial charge >= 0.3 is 0 Å². The van der Waals surface area contributed by atoms with E-state index in [-0.39, 0.29) is 17.2 Å². The molecule has 1 aliphatic heterocycles. The van der Waals surface area contributed by atoms with Gasteiger partial charge in [0.1, 0.15) is 11.8 Å². The number of fused-ring (bicyclic) bond motifs is 1. The molecule has 8 heteroatoms. The van der Waals surface area contributed by atoms with E-state index in [2.05, 4.69) is 45.2 Å². The normalized spacial score (nSPS) is 20.8. The lowest BCUT2D eigenvalue weighted by atomic mass is 9.73. The number of hydrogen-bond donors (Lipinski definition) is 1. The average Bonchev–Trinajstić information content (AvgIpc) is 3.01. The first-order valence-electron chi connectivity index (χ1n) is 8.70. The lowest BCUT2D eigenvalue weighted by Crippen LogP contribution is -2.36. The van der Waals surface area contributed by atoms with Crippen LogP contribution < -0.4 is 10.1 Å². The number of benzene rings is 1. The van der Waals surface area contributed by atoms with Gasteiger partial charge in [-0.1, -0.05) is 31.7 Å². The predicted molar refractivity (Wildman–Crippen MR) is 109 cm³/mol. The molecule has 1 atom stereocenters. The fourth-order valence-corrected chi connectivity index (χ4v) is 4.74. The maximum Gasteiger partial charge on any atom is 0.227 e. The van der Waals surface area contributed by atoms with Crippen molar-refractivity contribution in [3.63, 3.8) is 0 Å². The van der Waals surface area contributed by atoms with E-state index in [4.69, 9.17) is 4.74 Å². The number of rotatable bonds is 3. The predicted octanol–water partition coefficient (Wildman–Crippen LogP) is 4.43. The number of ether oxygens (including phenoxy) is 1. The molecule has 0 spiro atoms. The van der Waals surface area contributed by atoms with E-state index in [9.17, 15) is 4.79 Å². The number of allylic oxidation sites excluding steroid dienone is 2. The van der Waals surface area contributed by atoms with Crippen molar-refractivity contribution in [2.75, 3.05) is 18.7 Å². The minimum atomic E-state index is -0.296. The molecule has 0 unspecified atom stereocenters. The summed E-state index contributed by atoms with van der Waals surface area (Å²) in [5.74, 6) is 1.60. The second kappa shape index (κ2) is 6.67. The fourth-order valence-electron chi connectivity index (χ4n) is 3.84. The van der Waals surface area contributed by atoms with E-state index >= 15 is 0 Å². The third-order valence-electron chi connectivity index (χ3n) is 4.99. The number of nitrogens with one attached hydrogen (secondary N) is 1. The van der Waals surface area contributed by atoms with Crippen LogP contribution in [0.3, 0.4) is 0 Å². The first-order chi connectivity index (χ1) is 12.8. The minimum Gasteiger partial charge on any atom is -0.496 e. The number of ketones is 1. The molecular formula is C19H21BrN4O2S. The summed E-state index contributed by atoms with van der Waals surface area (Å²) in [5, 5.41) is 8.69. The molecule has 0 saturated heterocycles. The summed E-state index contributed by atoms with van der Waals surface area (Å²) in [6, 6.07) is 5.60. The zero-order valence-corrected chi connectivity index (χ0v) is 18.1. The van der Waals surface area contributed by atoms with Gasteiger partial charge in [0, 0.05) is 17.7 Å². The van der Waals surface area contributed by atoms with Crippen molar-refractivity contribution in [1.29, 1.82) is 0 Å². The Balaban J connectivity index is 1.90. The summed E-state index contributed by atoms with van der Waals surface area (Å²) in [5.41, 5.74) is 2.65. The van der Waals surface area contributed by atoms with Gasteiger partial charge in [0.2, 0.25) is 11.1 Å². The molecule has 2 heterocycles. The number of carbonyl (C=O) groups excluding carboxylic acids is 1. The maximum atomic E-state index is 13.1. The van der Waals surface area contributed by atoms with Gasteiger partial charge in [-0.25, -0.2) is 4.68 Å². The van der Waals surface area contributed by atoms with Crippen LogP contribution in [0.2, 0.25) is 0 Å². The first-order valence-corrected chi connectivity index (χ1v) is 10.7. The van der Waals surface area contributed by atoms with Crippen LogP contribution in [-0.2, 0) is 4.79 Å². The van der Waals surface area contributed by atoms with Gasteiger partial charge in [-0.15, -0.1) is 5.10 Å². The Kier molecular flexibility index (Phi) is 4.58. The van der Waals surface area contributed by atoms with Gasteiger partial charge in [-0.05, 0) is 51.7 Å². The Morgan fingerprint density at radius 2 is 2.15 bits per heavy atom. The number of thioether (sulfide) groups is 1. The molecule has 1 aliphatic carbocycles. The van der Waals surface area contributed by atoms with E-state index in [1.165, 1.54) is 11.8 Å². The van der Waals surface area contributed by atoms with E-state index < -0.39 is 0 Å². The standard InChI is InChI=1S/C19H21BrN4O2S/c1-19(2)8-12-15(13(25)9-19)16(10-5-6-14(26-3)11(20)7-10)24-17(21-12)22-18(23-24)27-4/h5-7,16H,8-9H2,1-4H3,(H,21,22,23)/t16-/m0/s1. The first kappa shape index (κ1) is 18.6. The van der Waals surface area contributed by atoms with E-state index in [1.807, 2.05) is 29.1 Å². The highest BCUT2D eigenvalue weighted by Crippen LogP contribution is 2.46. The van der Waals surface area contributed by atoms with Crippen molar-refractivity contribution in [1.82, 2.24) is 14.8 Å². The topological polar surface area (TPSA) is 69.0 Å². The van der Waals surface area contributed by atoms with Gasteiger partial charge < -0.3 is 10.1 Å². The molecule has 2 aromatic rings. The molecule has 0 amide bonds. The van der Waals surface area contributed by atoms with Crippen LogP contribution in [-0.4, -0.2) is 33.9 Å². The minimum absolute atomic E-state index is 0.0709. The molecule has 4 rings (SSSR count). The summed E-state index contributed by atoms with van der Waals surface area (Å²) in [6.07, 6.45) is 3.28. The van der Waals surface area contributed by atoms with E-state index in [0.717, 1.165) is 33.5 Å². The number of nitrogens with zero attached hydrogens (tertiary/aromatic N) is 3. The molecule has 142 valence electrons. The van der Waals surface area contributed by atoms with Crippen LogP contribution in [0.4, 0.5) is 5.95 Å². The highest BCUT2D eigenvalue weighted by molar-refractivity contribution is 9.10. The molecule has 0 fully saturated rings. The summed E-state index contributed by atoms with van der Waals surface area (Å²) in [7, 11) is 1.64. The van der Waals surface area contributed by atoms with Crippen LogP contribution >= 0.6 is 27.7 Å². The third-order valence-corrected chi connectivity index (χ3v) is 6.14.